The van der Waals surface area contributed by atoms with Gasteiger partial charge >= 0.3 is 0 Å². The summed E-state index contributed by atoms with van der Waals surface area (Å²) in [5, 5.41) is 0. The fourth-order valence-corrected chi connectivity index (χ4v) is 8.83. The Morgan fingerprint density at radius 1 is 0.826 bits per heavy atom. The highest BCUT2D eigenvalue weighted by Gasteiger charge is 2.68. The van der Waals surface area contributed by atoms with Crippen molar-refractivity contribution in [1.82, 2.24) is 0 Å². The van der Waals surface area contributed by atoms with Gasteiger partial charge in [-0.25, -0.2) is 0 Å². The summed E-state index contributed by atoms with van der Waals surface area (Å²) in [6, 6.07) is 0. The molecule has 0 aromatic rings. The molecule has 7 atom stereocenters. The van der Waals surface area contributed by atoms with Gasteiger partial charge in [0.25, 0.3) is 0 Å². The van der Waals surface area contributed by atoms with E-state index in [0.29, 0.717) is 16.6 Å². The third-order valence-corrected chi connectivity index (χ3v) is 10.3. The van der Waals surface area contributed by atoms with E-state index in [9.17, 15) is 4.79 Å². The molecule has 0 radical (unpaired) electrons. The van der Waals surface area contributed by atoms with Gasteiger partial charge in [0.15, 0.2) is 0 Å². The molecule has 1 spiro atoms. The van der Waals surface area contributed by atoms with Gasteiger partial charge in [-0.15, -0.1) is 0 Å². The molecule has 0 N–H and O–H groups in total. The van der Waals surface area contributed by atoms with Gasteiger partial charge in [0.05, 0.1) is 0 Å². The second-order valence-corrected chi connectivity index (χ2v) is 10.4. The Labute approximate surface area is 142 Å². The molecule has 0 aliphatic heterocycles. The van der Waals surface area contributed by atoms with Gasteiger partial charge in [-0.3, -0.25) is 4.79 Å². The summed E-state index contributed by atoms with van der Waals surface area (Å²) in [7, 11) is 0. The van der Waals surface area contributed by atoms with Crippen molar-refractivity contribution < 1.29 is 4.79 Å². The maximum absolute atomic E-state index is 12.6. The first-order valence-corrected chi connectivity index (χ1v) is 10.5. The average molecular weight is 315 g/mol. The highest BCUT2D eigenvalue weighted by atomic mass is 16.1. The molecule has 0 heterocycles. The molecule has 5 aliphatic rings. The molecule has 5 aliphatic carbocycles. The van der Waals surface area contributed by atoms with E-state index in [1.807, 2.05) is 0 Å². The van der Waals surface area contributed by atoms with Gasteiger partial charge in [0.2, 0.25) is 0 Å². The predicted octanol–water partition coefficient (Wildman–Crippen LogP) is 5.77. The molecular weight excluding hydrogens is 280 g/mol. The zero-order chi connectivity index (χ0) is 15.9. The quantitative estimate of drug-likeness (QED) is 0.555. The normalized spacial score (nSPS) is 58.3. The highest BCUT2D eigenvalue weighted by Crippen LogP contribution is 2.73. The number of ketones is 1. The van der Waals surface area contributed by atoms with Crippen molar-refractivity contribution in [2.75, 3.05) is 0 Å². The van der Waals surface area contributed by atoms with Crippen molar-refractivity contribution in [3.8, 4) is 0 Å². The van der Waals surface area contributed by atoms with E-state index in [-0.39, 0.29) is 5.41 Å². The van der Waals surface area contributed by atoms with Crippen LogP contribution in [0.4, 0.5) is 0 Å². The van der Waals surface area contributed by atoms with E-state index >= 15 is 0 Å². The van der Waals surface area contributed by atoms with Crippen LogP contribution < -0.4 is 0 Å². The van der Waals surface area contributed by atoms with Gasteiger partial charge in [-0.1, -0.05) is 26.7 Å². The van der Waals surface area contributed by atoms with E-state index in [2.05, 4.69) is 13.8 Å². The standard InChI is InChI=1S/C22H34O/c1-20-11-4-3-5-15(20)6-7-16-17(20)8-12-21(2)18(16)9-13-22(21)14-10-19(22)23/h15-18H,3-14H2,1-2H3/t15?,16-,17+,18+,20+,21+,22?/m1/s1. The summed E-state index contributed by atoms with van der Waals surface area (Å²) in [4.78, 5) is 12.6. The number of fused-ring (bicyclic) bond motifs is 6. The second kappa shape index (κ2) is 4.64. The molecule has 5 saturated carbocycles. The monoisotopic (exact) mass is 314 g/mol. The topological polar surface area (TPSA) is 17.1 Å². The van der Waals surface area contributed by atoms with Crippen LogP contribution in [0.3, 0.4) is 0 Å². The van der Waals surface area contributed by atoms with Crippen LogP contribution in [0.1, 0.15) is 90.9 Å². The third-order valence-electron chi connectivity index (χ3n) is 10.3. The Hall–Kier alpha value is -0.330. The number of carbonyl (C=O) groups is 1. The van der Waals surface area contributed by atoms with Crippen LogP contribution in [0.5, 0.6) is 0 Å². The third kappa shape index (κ3) is 1.63. The number of carbonyl (C=O) groups excluding carboxylic acids is 1. The van der Waals surface area contributed by atoms with Crippen molar-refractivity contribution >= 4 is 5.78 Å². The van der Waals surface area contributed by atoms with E-state index in [1.54, 1.807) is 0 Å². The lowest BCUT2D eigenvalue weighted by atomic mass is 9.41. The van der Waals surface area contributed by atoms with Gasteiger partial charge in [-0.05, 0) is 92.3 Å². The van der Waals surface area contributed by atoms with Crippen LogP contribution in [0, 0.1) is 39.9 Å². The van der Waals surface area contributed by atoms with Crippen molar-refractivity contribution in [3.05, 3.63) is 0 Å². The SMILES string of the molecule is C[C@]12CCCCC1CC[C@@H]1[C@@H]2CC[C@@]2(C)[C@H]1CCC21CCC1=O. The summed E-state index contributed by atoms with van der Waals surface area (Å²) < 4.78 is 0. The summed E-state index contributed by atoms with van der Waals surface area (Å²) >= 11 is 0. The zero-order valence-electron chi connectivity index (χ0n) is 15.2. The van der Waals surface area contributed by atoms with Gasteiger partial charge in [-0.2, -0.15) is 0 Å². The van der Waals surface area contributed by atoms with Crippen molar-refractivity contribution in [1.29, 1.82) is 0 Å². The molecule has 0 saturated heterocycles. The first-order chi connectivity index (χ1) is 11.0. The van der Waals surface area contributed by atoms with E-state index in [0.717, 1.165) is 30.1 Å². The molecule has 23 heavy (non-hydrogen) atoms. The number of Topliss-reactive ketones (excluding diaryl/α,β-unsaturated/α-hetero) is 1. The fraction of sp³-hybridized carbons (Fsp3) is 0.955. The number of rotatable bonds is 0. The lowest BCUT2D eigenvalue weighted by Crippen LogP contribution is -2.58. The van der Waals surface area contributed by atoms with Crippen molar-refractivity contribution in [3.63, 3.8) is 0 Å². The lowest BCUT2D eigenvalue weighted by molar-refractivity contribution is -0.163. The molecule has 128 valence electrons. The fourth-order valence-electron chi connectivity index (χ4n) is 8.83. The Morgan fingerprint density at radius 3 is 2.39 bits per heavy atom. The van der Waals surface area contributed by atoms with Gasteiger partial charge < -0.3 is 0 Å². The molecule has 5 fully saturated rings. The maximum Gasteiger partial charge on any atom is 0.139 e. The van der Waals surface area contributed by atoms with Crippen molar-refractivity contribution in [2.24, 2.45) is 39.9 Å². The second-order valence-electron chi connectivity index (χ2n) is 10.4. The number of hydrogen-bond donors (Lipinski definition) is 0. The minimum absolute atomic E-state index is 0.132. The predicted molar refractivity (Wildman–Crippen MR) is 93.0 cm³/mol. The molecular formula is C22H34O. The first kappa shape index (κ1) is 15.0. The van der Waals surface area contributed by atoms with Crippen LogP contribution in [0.25, 0.3) is 0 Å². The summed E-state index contributed by atoms with van der Waals surface area (Å²) in [5.41, 5.74) is 1.14. The summed E-state index contributed by atoms with van der Waals surface area (Å²) in [6.45, 7) is 5.20. The summed E-state index contributed by atoms with van der Waals surface area (Å²) in [6.07, 6.45) is 16.4. The highest BCUT2D eigenvalue weighted by molar-refractivity contribution is 5.91. The maximum atomic E-state index is 12.6. The smallest absolute Gasteiger partial charge is 0.139 e. The van der Waals surface area contributed by atoms with Gasteiger partial charge in [0, 0.05) is 11.8 Å². The summed E-state index contributed by atoms with van der Waals surface area (Å²) in [5.74, 6) is 4.44. The molecule has 2 unspecified atom stereocenters. The van der Waals surface area contributed by atoms with E-state index in [4.69, 9.17) is 0 Å². The lowest BCUT2D eigenvalue weighted by Gasteiger charge is -2.62. The minimum atomic E-state index is 0.132. The number of hydrogen-bond acceptors (Lipinski definition) is 1. The van der Waals surface area contributed by atoms with E-state index in [1.165, 1.54) is 70.6 Å². The Bertz CT molecular complexity index is 538. The minimum Gasteiger partial charge on any atom is -0.299 e. The Balaban J connectivity index is 1.48. The van der Waals surface area contributed by atoms with Crippen LogP contribution in [-0.4, -0.2) is 5.78 Å². The largest absolute Gasteiger partial charge is 0.299 e. The Kier molecular flexibility index (Phi) is 3.02. The molecule has 1 heteroatoms. The molecule has 0 aromatic heterocycles. The zero-order valence-corrected chi connectivity index (χ0v) is 15.2. The Morgan fingerprint density at radius 2 is 1.65 bits per heavy atom. The van der Waals surface area contributed by atoms with Crippen LogP contribution in [0.2, 0.25) is 0 Å². The van der Waals surface area contributed by atoms with Gasteiger partial charge in [0.1, 0.15) is 5.78 Å². The molecule has 5 rings (SSSR count). The van der Waals surface area contributed by atoms with E-state index < -0.39 is 0 Å². The molecule has 0 aromatic carbocycles. The van der Waals surface area contributed by atoms with Crippen LogP contribution in [-0.2, 0) is 4.79 Å². The van der Waals surface area contributed by atoms with Crippen molar-refractivity contribution in [2.45, 2.75) is 90.9 Å². The molecule has 0 bridgehead atoms. The van der Waals surface area contributed by atoms with Crippen LogP contribution >= 0.6 is 0 Å². The average Bonchev–Trinajstić information content (AvgIpc) is 2.88. The molecule has 1 nitrogen and oxygen atoms in total. The first-order valence-electron chi connectivity index (χ1n) is 10.5. The van der Waals surface area contributed by atoms with Crippen LogP contribution in [0.15, 0.2) is 0 Å². The molecule has 0 amide bonds.